The molecule has 0 saturated carbocycles. The van der Waals surface area contributed by atoms with Gasteiger partial charge in [0.2, 0.25) is 5.82 Å². The average Bonchev–Trinajstić information content (AvgIpc) is 3.27. The van der Waals surface area contributed by atoms with Gasteiger partial charge in [-0.2, -0.15) is 4.98 Å². The first-order chi connectivity index (χ1) is 13.1. The van der Waals surface area contributed by atoms with Gasteiger partial charge in [0.05, 0.1) is 5.69 Å². The lowest BCUT2D eigenvalue weighted by Crippen LogP contribution is -2.41. The maximum Gasteiger partial charge on any atom is 0.293 e. The number of fused-ring (bicyclic) bond motifs is 1. The van der Waals surface area contributed by atoms with E-state index in [1.54, 1.807) is 18.5 Å². The molecule has 0 aromatic carbocycles. The molecule has 142 valence electrons. The van der Waals surface area contributed by atoms with Crippen molar-refractivity contribution in [3.63, 3.8) is 0 Å². The van der Waals surface area contributed by atoms with Crippen molar-refractivity contribution >= 4 is 11.7 Å². The highest BCUT2D eigenvalue weighted by atomic mass is 16.2. The number of likely N-dealkylation sites (tertiary alicyclic amines) is 1. The van der Waals surface area contributed by atoms with Crippen LogP contribution in [0.4, 0.5) is 0 Å². The van der Waals surface area contributed by atoms with Crippen LogP contribution in [0, 0.1) is 11.8 Å². The summed E-state index contributed by atoms with van der Waals surface area (Å²) in [6.07, 6.45) is 8.38. The van der Waals surface area contributed by atoms with Crippen molar-refractivity contribution in [2.45, 2.75) is 39.7 Å². The molecule has 4 heterocycles. The summed E-state index contributed by atoms with van der Waals surface area (Å²) in [4.78, 5) is 23.0. The van der Waals surface area contributed by atoms with Gasteiger partial charge in [0.25, 0.3) is 11.7 Å². The van der Waals surface area contributed by atoms with E-state index >= 15 is 0 Å². The normalized spacial score (nSPS) is 17.7. The first kappa shape index (κ1) is 17.6. The van der Waals surface area contributed by atoms with Gasteiger partial charge in [0, 0.05) is 38.2 Å². The van der Waals surface area contributed by atoms with E-state index in [9.17, 15) is 4.79 Å². The molecule has 27 heavy (non-hydrogen) atoms. The number of piperidine rings is 1. The Kier molecular flexibility index (Phi) is 4.83. The standard InChI is InChI=1S/C18H24N8O/c1-13(2)9-15-12-25(23-21-15)11-14-5-3-7-24(10-14)17(27)16-20-18-19-6-4-8-26(18)22-16/h4,6,8,12-14H,3,5,7,9-11H2,1-2H3. The number of carbonyl (C=O) groups is 1. The second kappa shape index (κ2) is 7.42. The molecule has 1 aliphatic rings. The van der Waals surface area contributed by atoms with E-state index < -0.39 is 0 Å². The molecule has 0 radical (unpaired) electrons. The summed E-state index contributed by atoms with van der Waals surface area (Å²) in [6, 6.07) is 1.76. The van der Waals surface area contributed by atoms with Gasteiger partial charge in [0.1, 0.15) is 0 Å². The summed E-state index contributed by atoms with van der Waals surface area (Å²) < 4.78 is 3.43. The van der Waals surface area contributed by atoms with Crippen LogP contribution in [0.1, 0.15) is 43.0 Å². The van der Waals surface area contributed by atoms with Crippen molar-refractivity contribution in [3.8, 4) is 0 Å². The lowest BCUT2D eigenvalue weighted by Gasteiger charge is -2.31. The lowest BCUT2D eigenvalue weighted by molar-refractivity contribution is 0.0647. The Balaban J connectivity index is 1.41. The van der Waals surface area contributed by atoms with Crippen molar-refractivity contribution in [3.05, 3.63) is 36.2 Å². The molecule has 0 bridgehead atoms. The molecule has 1 atom stereocenters. The zero-order valence-corrected chi connectivity index (χ0v) is 15.7. The second-order valence-electron chi connectivity index (χ2n) is 7.59. The van der Waals surface area contributed by atoms with E-state index in [4.69, 9.17) is 0 Å². The molecule has 1 aliphatic heterocycles. The smallest absolute Gasteiger partial charge is 0.293 e. The number of aromatic nitrogens is 7. The van der Waals surface area contributed by atoms with Gasteiger partial charge in [0.15, 0.2) is 0 Å². The van der Waals surface area contributed by atoms with E-state index in [0.717, 1.165) is 38.0 Å². The summed E-state index contributed by atoms with van der Waals surface area (Å²) in [7, 11) is 0. The molecule has 1 unspecified atom stereocenters. The van der Waals surface area contributed by atoms with E-state index in [2.05, 4.69) is 39.2 Å². The largest absolute Gasteiger partial charge is 0.336 e. The van der Waals surface area contributed by atoms with Crippen LogP contribution in [0.3, 0.4) is 0 Å². The zero-order chi connectivity index (χ0) is 18.8. The topological polar surface area (TPSA) is 94.1 Å². The monoisotopic (exact) mass is 368 g/mol. The van der Waals surface area contributed by atoms with Crippen LogP contribution in [-0.2, 0) is 13.0 Å². The quantitative estimate of drug-likeness (QED) is 0.677. The third-order valence-corrected chi connectivity index (χ3v) is 4.76. The van der Waals surface area contributed by atoms with Crippen LogP contribution < -0.4 is 0 Å². The molecule has 4 rings (SSSR count). The molecule has 0 aliphatic carbocycles. The number of carbonyl (C=O) groups excluding carboxylic acids is 1. The molecule has 1 amide bonds. The summed E-state index contributed by atoms with van der Waals surface area (Å²) in [5, 5.41) is 12.7. The van der Waals surface area contributed by atoms with Gasteiger partial charge < -0.3 is 4.90 Å². The molecule has 1 fully saturated rings. The van der Waals surface area contributed by atoms with Crippen LogP contribution in [-0.4, -0.2) is 58.5 Å². The van der Waals surface area contributed by atoms with E-state index in [0.29, 0.717) is 24.2 Å². The number of rotatable bonds is 5. The first-order valence-electron chi connectivity index (χ1n) is 9.44. The SMILES string of the molecule is CC(C)Cc1cn(CC2CCCN(C(=O)c3nc4ncccn4n3)C2)nn1. The molecular formula is C18H24N8O. The highest BCUT2D eigenvalue weighted by Gasteiger charge is 2.27. The summed E-state index contributed by atoms with van der Waals surface area (Å²) >= 11 is 0. The van der Waals surface area contributed by atoms with Crippen molar-refractivity contribution in [2.24, 2.45) is 11.8 Å². The van der Waals surface area contributed by atoms with Gasteiger partial charge >= 0.3 is 0 Å². The minimum Gasteiger partial charge on any atom is -0.336 e. The molecular weight excluding hydrogens is 344 g/mol. The Morgan fingerprint density at radius 1 is 1.37 bits per heavy atom. The third-order valence-electron chi connectivity index (χ3n) is 4.76. The molecule has 0 spiro atoms. The average molecular weight is 368 g/mol. The van der Waals surface area contributed by atoms with E-state index in [1.807, 2.05) is 15.8 Å². The Labute approximate surface area is 157 Å². The predicted octanol–water partition coefficient (Wildman–Crippen LogP) is 1.47. The molecule has 9 nitrogen and oxygen atoms in total. The number of nitrogens with zero attached hydrogens (tertiary/aromatic N) is 8. The van der Waals surface area contributed by atoms with Crippen molar-refractivity contribution < 1.29 is 4.79 Å². The maximum atomic E-state index is 12.8. The van der Waals surface area contributed by atoms with E-state index in [-0.39, 0.29) is 11.7 Å². The molecule has 9 heteroatoms. The fraction of sp³-hybridized carbons (Fsp3) is 0.556. The highest BCUT2D eigenvalue weighted by Crippen LogP contribution is 2.20. The minimum atomic E-state index is -0.135. The van der Waals surface area contributed by atoms with Crippen LogP contribution in [0.5, 0.6) is 0 Å². The van der Waals surface area contributed by atoms with Crippen LogP contribution in [0.2, 0.25) is 0 Å². The molecule has 3 aromatic heterocycles. The van der Waals surface area contributed by atoms with Crippen LogP contribution in [0.25, 0.3) is 5.78 Å². The molecule has 3 aromatic rings. The molecule has 1 saturated heterocycles. The number of hydrogen-bond donors (Lipinski definition) is 0. The lowest BCUT2D eigenvalue weighted by atomic mass is 9.98. The van der Waals surface area contributed by atoms with Gasteiger partial charge in [-0.25, -0.2) is 9.50 Å². The Morgan fingerprint density at radius 2 is 2.26 bits per heavy atom. The maximum absolute atomic E-state index is 12.8. The fourth-order valence-electron chi connectivity index (χ4n) is 3.57. The summed E-state index contributed by atoms with van der Waals surface area (Å²) in [6.45, 7) is 6.53. The Hall–Kier alpha value is -2.84. The first-order valence-corrected chi connectivity index (χ1v) is 9.44. The van der Waals surface area contributed by atoms with Crippen molar-refractivity contribution in [2.75, 3.05) is 13.1 Å². The van der Waals surface area contributed by atoms with Crippen molar-refractivity contribution in [1.82, 2.24) is 39.5 Å². The zero-order valence-electron chi connectivity index (χ0n) is 15.7. The number of hydrogen-bond acceptors (Lipinski definition) is 6. The van der Waals surface area contributed by atoms with Crippen molar-refractivity contribution in [1.29, 1.82) is 0 Å². The summed E-state index contributed by atoms with van der Waals surface area (Å²) in [5.74, 6) is 1.42. The van der Waals surface area contributed by atoms with Crippen LogP contribution in [0.15, 0.2) is 24.7 Å². The Morgan fingerprint density at radius 3 is 3.07 bits per heavy atom. The third kappa shape index (κ3) is 3.96. The van der Waals surface area contributed by atoms with E-state index in [1.165, 1.54) is 4.52 Å². The Bertz CT molecular complexity index is 897. The molecule has 0 N–H and O–H groups in total. The second-order valence-corrected chi connectivity index (χ2v) is 7.59. The van der Waals surface area contributed by atoms with Crippen LogP contribution >= 0.6 is 0 Å². The summed E-state index contributed by atoms with van der Waals surface area (Å²) in [5.41, 5.74) is 1.02. The van der Waals surface area contributed by atoms with Gasteiger partial charge in [-0.05, 0) is 37.2 Å². The predicted molar refractivity (Wildman–Crippen MR) is 98.0 cm³/mol. The number of amides is 1. The van der Waals surface area contributed by atoms with Gasteiger partial charge in [-0.15, -0.1) is 10.2 Å². The van der Waals surface area contributed by atoms with Gasteiger partial charge in [-0.1, -0.05) is 19.1 Å². The highest BCUT2D eigenvalue weighted by molar-refractivity contribution is 5.90. The minimum absolute atomic E-state index is 0.135. The fourth-order valence-corrected chi connectivity index (χ4v) is 3.57. The van der Waals surface area contributed by atoms with Gasteiger partial charge in [-0.3, -0.25) is 9.48 Å².